The number of carbonyl (C=O) groups is 5. The second-order valence-electron chi connectivity index (χ2n) is 34.0. The number of anilines is 5. The van der Waals surface area contributed by atoms with Crippen LogP contribution in [0.2, 0.25) is 0 Å². The van der Waals surface area contributed by atoms with Crippen molar-refractivity contribution in [2.75, 3.05) is 118 Å². The maximum Gasteiger partial charge on any atom is 0.239 e. The Labute approximate surface area is 739 Å². The van der Waals surface area contributed by atoms with E-state index in [1.165, 1.54) is 132 Å². The average Bonchev–Trinajstić information content (AvgIpc) is 1.69. The van der Waals surface area contributed by atoms with E-state index >= 15 is 0 Å². The number of hydrogen-bond donors (Lipinski definition) is 5. The molecule has 6 aliphatic rings. The summed E-state index contributed by atoms with van der Waals surface area (Å²) < 4.78 is 77.8. The zero-order chi connectivity index (χ0) is 88.6. The first-order chi connectivity index (χ1) is 60.3. The molecule has 15 rings (SSSR count). The van der Waals surface area contributed by atoms with Crippen molar-refractivity contribution < 1.29 is 50.3 Å². The molecule has 125 heavy (non-hydrogen) atoms. The van der Waals surface area contributed by atoms with Gasteiger partial charge in [-0.05, 0) is 268 Å². The smallest absolute Gasteiger partial charge is 0.239 e. The number of rotatable bonds is 29. The molecular weight excluding hydrogens is 1610 g/mol. The van der Waals surface area contributed by atoms with E-state index in [2.05, 4.69) is 173 Å². The minimum absolute atomic E-state index is 0.0335. The van der Waals surface area contributed by atoms with Crippen LogP contribution in [0, 0.1) is 48.8 Å². The van der Waals surface area contributed by atoms with Crippen LogP contribution >= 0.6 is 11.6 Å². The number of carbonyl (C=O) groups excluding carboxylic acids is 5. The van der Waals surface area contributed by atoms with E-state index in [1.807, 2.05) is 12.1 Å². The van der Waals surface area contributed by atoms with Gasteiger partial charge in [0.1, 0.15) is 40.8 Å². The Bertz CT molecular complexity index is 4470. The topological polar surface area (TPSA) is 171 Å². The van der Waals surface area contributed by atoms with Gasteiger partial charge in [-0.15, -0.1) is 11.6 Å². The van der Waals surface area contributed by atoms with E-state index in [1.54, 1.807) is 60.7 Å². The molecule has 0 atom stereocenters. The van der Waals surface area contributed by atoms with Crippen LogP contribution in [0.4, 0.5) is 54.8 Å². The summed E-state index contributed by atoms with van der Waals surface area (Å²) in [5, 5.41) is 13.8. The highest BCUT2D eigenvalue weighted by Gasteiger charge is 2.38. The summed E-state index contributed by atoms with van der Waals surface area (Å²) in [5.74, 6) is -2.33. The van der Waals surface area contributed by atoms with Crippen LogP contribution in [-0.4, -0.2) is 202 Å². The van der Waals surface area contributed by atoms with Gasteiger partial charge in [-0.1, -0.05) is 102 Å². The highest BCUT2D eigenvalue weighted by atomic mass is 35.5. The highest BCUT2D eigenvalue weighted by Crippen LogP contribution is 2.36. The molecule has 25 heteroatoms. The van der Waals surface area contributed by atoms with Gasteiger partial charge < -0.3 is 26.6 Å². The normalized spacial score (nSPS) is 16.3. The Hall–Kier alpha value is -10.1. The Morgan fingerprint density at radius 2 is 0.600 bits per heavy atom. The number of nitrogens with one attached hydrogen (secondary N) is 5. The molecule has 666 valence electrons. The van der Waals surface area contributed by atoms with Crippen molar-refractivity contribution in [1.82, 2.24) is 39.2 Å². The summed E-state index contributed by atoms with van der Waals surface area (Å²) in [4.78, 5) is 78.8. The predicted octanol–water partition coefficient (Wildman–Crippen LogP) is 18.0. The van der Waals surface area contributed by atoms with Crippen molar-refractivity contribution in [3.8, 4) is 0 Å². The van der Waals surface area contributed by atoms with E-state index in [-0.39, 0.29) is 70.3 Å². The van der Waals surface area contributed by atoms with Gasteiger partial charge in [0.15, 0.2) is 0 Å². The molecule has 4 aliphatic heterocycles. The molecule has 0 bridgehead atoms. The van der Waals surface area contributed by atoms with Gasteiger partial charge in [0.2, 0.25) is 29.5 Å². The molecule has 0 aromatic heterocycles. The molecule has 9 aromatic carbocycles. The Kier molecular flexibility index (Phi) is 37.5. The number of piperidine rings is 4. The van der Waals surface area contributed by atoms with Gasteiger partial charge in [0.25, 0.3) is 0 Å². The molecular formula is C100H122ClF6N13O5. The molecule has 6 fully saturated rings. The SMILES string of the molecule is CN(Cc1ccccc1)C1CCN(CC(=O)Nc2ccc(F)cc2)CC1.Cc1cccc(CN(C(C)C)C2CCN(CC(=O)Nc3ccc(F)cc3)CC2)c1.Cc1cccc(CN(C2CC2)C2CCN(CC(=O)Nc3ccc(F)cc3)CC2)c1.O=C(CCl)Nc1ccc(F)cc1.O=C(CN1CCC(N(Cc2cccc(F)c2)C2CC2)CC1)Nc1ccc(F)cc1. The number of likely N-dealkylation sites (tertiary alicyclic amines) is 4. The molecule has 5 amide bonds. The molecule has 0 unspecified atom stereocenters. The van der Waals surface area contributed by atoms with E-state index in [0.29, 0.717) is 90.9 Å². The Balaban J connectivity index is 0.000000155. The third-order valence-corrected chi connectivity index (χ3v) is 23.9. The first kappa shape index (κ1) is 95.5. The minimum Gasteiger partial charge on any atom is -0.325 e. The number of alkyl halides is 1. The fourth-order valence-corrected chi connectivity index (χ4v) is 16.8. The second kappa shape index (κ2) is 49.1. The molecule has 4 saturated heterocycles. The van der Waals surface area contributed by atoms with Gasteiger partial charge in [0, 0.05) is 149 Å². The molecule has 2 aliphatic carbocycles. The quantitative estimate of drug-likeness (QED) is 0.0222. The average molecular weight is 1740 g/mol. The van der Waals surface area contributed by atoms with Gasteiger partial charge >= 0.3 is 0 Å². The molecule has 18 nitrogen and oxygen atoms in total. The monoisotopic (exact) mass is 1730 g/mol. The van der Waals surface area contributed by atoms with E-state index in [0.717, 1.165) is 142 Å². The minimum atomic E-state index is -0.334. The third-order valence-electron chi connectivity index (χ3n) is 23.6. The molecule has 2 saturated carbocycles. The summed E-state index contributed by atoms with van der Waals surface area (Å²) in [5.41, 5.74) is 10.8. The van der Waals surface area contributed by atoms with Crippen LogP contribution in [0.1, 0.15) is 124 Å². The summed E-state index contributed by atoms with van der Waals surface area (Å²) >= 11 is 5.25. The lowest BCUT2D eigenvalue weighted by atomic mass is 10.00. The zero-order valence-electron chi connectivity index (χ0n) is 72.7. The van der Waals surface area contributed by atoms with E-state index in [9.17, 15) is 50.3 Å². The lowest BCUT2D eigenvalue weighted by molar-refractivity contribution is -0.118. The number of aryl methyl sites for hydroxylation is 2. The molecule has 5 N–H and O–H groups in total. The van der Waals surface area contributed by atoms with Gasteiger partial charge in [-0.3, -0.25) is 63.2 Å². The number of hydrogen-bond acceptors (Lipinski definition) is 13. The summed E-state index contributed by atoms with van der Waals surface area (Å²) in [6, 6.07) is 67.9. The van der Waals surface area contributed by atoms with Crippen molar-refractivity contribution in [1.29, 1.82) is 0 Å². The van der Waals surface area contributed by atoms with E-state index < -0.39 is 0 Å². The molecule has 0 radical (unpaired) electrons. The van der Waals surface area contributed by atoms with Crippen LogP contribution < -0.4 is 26.6 Å². The van der Waals surface area contributed by atoms with Crippen LogP contribution in [-0.2, 0) is 50.2 Å². The van der Waals surface area contributed by atoms with Crippen LogP contribution in [0.3, 0.4) is 0 Å². The largest absolute Gasteiger partial charge is 0.325 e. The first-order valence-corrected chi connectivity index (χ1v) is 44.5. The molecule has 0 spiro atoms. The first-order valence-electron chi connectivity index (χ1n) is 44.0. The predicted molar refractivity (Wildman–Crippen MR) is 488 cm³/mol. The van der Waals surface area contributed by atoms with Crippen molar-refractivity contribution in [2.24, 2.45) is 0 Å². The fourth-order valence-electron chi connectivity index (χ4n) is 16.8. The van der Waals surface area contributed by atoms with Crippen LogP contribution in [0.15, 0.2) is 224 Å². The number of benzene rings is 9. The van der Waals surface area contributed by atoms with Crippen molar-refractivity contribution in [3.63, 3.8) is 0 Å². The lowest BCUT2D eigenvalue weighted by Crippen LogP contribution is -2.48. The molecule has 4 heterocycles. The Morgan fingerprint density at radius 1 is 0.320 bits per heavy atom. The molecule has 9 aromatic rings. The van der Waals surface area contributed by atoms with Crippen molar-refractivity contribution in [3.05, 3.63) is 293 Å². The van der Waals surface area contributed by atoms with Crippen molar-refractivity contribution >= 4 is 69.6 Å². The maximum absolute atomic E-state index is 13.5. The Morgan fingerprint density at radius 3 is 0.904 bits per heavy atom. The maximum atomic E-state index is 13.5. The number of amides is 5. The summed E-state index contributed by atoms with van der Waals surface area (Å²) in [6.45, 7) is 21.3. The number of halogens is 7. The number of nitrogens with zero attached hydrogens (tertiary/aromatic N) is 8. The van der Waals surface area contributed by atoms with Crippen molar-refractivity contribution in [2.45, 2.75) is 173 Å². The van der Waals surface area contributed by atoms with E-state index in [4.69, 9.17) is 11.6 Å². The fraction of sp³-hybridized carbons (Fsp3) is 0.410. The van der Waals surface area contributed by atoms with Gasteiger partial charge in [-0.2, -0.15) is 0 Å². The standard InChI is InChI=1S/C24H30FN3O.C24H32FN3O.C23H27F2N3O.C21H26FN3O.C8H7ClFNO/c1-18-3-2-4-19(15-18)16-28(22-9-10-22)23-11-13-27(14-12-23)17-24(29)26-21-7-5-20(25)6-8-21;1-18(2)28(16-20-6-4-5-19(3)15-20)23-11-13-27(14-12-23)17-24(29)26-22-9-7-21(25)8-10-22;24-18-4-6-20(7-5-18)26-23(29)16-27-12-10-22(11-13-27)28(21-8-9-21)15-17-2-1-3-19(25)14-17;1-24(15-17-5-3-2-4-6-17)20-11-13-25(14-12-20)16-21(26)23-19-9-7-18(22)8-10-19;9-5-8(12)11-7-3-1-6(10)2-4-7/h2-8,15,22-23H,9-14,16-17H2,1H3,(H,26,29);4-10,15,18,23H,11-14,16-17H2,1-3H3,(H,26,29);1-7,14,21-22H,8-13,15-16H2,(H,26,29);2-10,20H,11-16H2,1H3,(H,23,26);1-4H,5H2,(H,11,12). The summed E-state index contributed by atoms with van der Waals surface area (Å²) in [7, 11) is 2.18. The third kappa shape index (κ3) is 33.6. The van der Waals surface area contributed by atoms with Crippen LogP contribution in [0.25, 0.3) is 0 Å². The second-order valence-corrected chi connectivity index (χ2v) is 34.3. The highest BCUT2D eigenvalue weighted by molar-refractivity contribution is 6.29. The van der Waals surface area contributed by atoms with Gasteiger partial charge in [0.05, 0.1) is 26.2 Å². The summed E-state index contributed by atoms with van der Waals surface area (Å²) in [6.07, 6.45) is 13.5. The lowest BCUT2D eigenvalue weighted by Gasteiger charge is -2.40. The zero-order valence-corrected chi connectivity index (χ0v) is 73.4. The van der Waals surface area contributed by atoms with Gasteiger partial charge in [-0.25, -0.2) is 26.3 Å². The van der Waals surface area contributed by atoms with Crippen LogP contribution in [0.5, 0.6) is 0 Å².